The van der Waals surface area contributed by atoms with Crippen molar-refractivity contribution in [2.45, 2.75) is 32.7 Å². The number of amides is 1. The van der Waals surface area contributed by atoms with Crippen molar-refractivity contribution in [1.82, 2.24) is 24.7 Å². The number of rotatable bonds is 8. The van der Waals surface area contributed by atoms with E-state index in [1.807, 2.05) is 22.1 Å². The maximum atomic E-state index is 12.7. The van der Waals surface area contributed by atoms with Gasteiger partial charge in [-0.25, -0.2) is 9.97 Å². The highest BCUT2D eigenvalue weighted by Gasteiger charge is 2.15. The number of allylic oxidation sites excluding steroid dienone is 1. The van der Waals surface area contributed by atoms with Crippen LogP contribution in [0.5, 0.6) is 0 Å². The van der Waals surface area contributed by atoms with Crippen LogP contribution in [0.3, 0.4) is 0 Å². The van der Waals surface area contributed by atoms with E-state index in [4.69, 9.17) is 12.2 Å². The molecule has 0 bridgehead atoms. The molecule has 164 valence electrons. The molecular formula is C22H22N6OS3. The van der Waals surface area contributed by atoms with Crippen LogP contribution in [-0.2, 0) is 13.0 Å². The minimum absolute atomic E-state index is 0.276. The molecule has 7 nitrogen and oxygen atoms in total. The van der Waals surface area contributed by atoms with Gasteiger partial charge in [-0.2, -0.15) is 5.10 Å². The first-order valence-corrected chi connectivity index (χ1v) is 12.2. The Balaban J connectivity index is 1.42. The molecule has 4 aromatic rings. The van der Waals surface area contributed by atoms with E-state index in [1.165, 1.54) is 28.2 Å². The van der Waals surface area contributed by atoms with E-state index in [1.54, 1.807) is 11.5 Å². The first-order valence-electron chi connectivity index (χ1n) is 10.0. The lowest BCUT2D eigenvalue weighted by Gasteiger charge is -2.05. The first kappa shape index (κ1) is 22.3. The molecule has 0 fully saturated rings. The van der Waals surface area contributed by atoms with E-state index in [-0.39, 0.29) is 5.91 Å². The van der Waals surface area contributed by atoms with Crippen LogP contribution >= 0.6 is 34.9 Å². The number of benzene rings is 1. The van der Waals surface area contributed by atoms with Crippen LogP contribution < -0.4 is 5.32 Å². The molecule has 1 aromatic carbocycles. The van der Waals surface area contributed by atoms with Gasteiger partial charge in [-0.3, -0.25) is 19.8 Å². The molecule has 3 heterocycles. The molecule has 0 saturated heterocycles. The Kier molecular flexibility index (Phi) is 6.73. The third-order valence-electron chi connectivity index (χ3n) is 4.82. The van der Waals surface area contributed by atoms with Gasteiger partial charge < -0.3 is 0 Å². The molecule has 4 rings (SSSR count). The summed E-state index contributed by atoms with van der Waals surface area (Å²) in [6, 6.07) is 8.30. The second-order valence-electron chi connectivity index (χ2n) is 7.43. The highest BCUT2D eigenvalue weighted by molar-refractivity contribution is 7.71. The maximum Gasteiger partial charge on any atom is 0.276 e. The van der Waals surface area contributed by atoms with E-state index >= 15 is 0 Å². The lowest BCUT2D eigenvalue weighted by atomic mass is 10.0. The lowest BCUT2D eigenvalue weighted by Crippen LogP contribution is -2.12. The Morgan fingerprint density at radius 1 is 1.25 bits per heavy atom. The fourth-order valence-electron chi connectivity index (χ4n) is 3.09. The van der Waals surface area contributed by atoms with Gasteiger partial charge in [0.15, 0.2) is 9.90 Å². The number of nitrogens with one attached hydrogen (secondary N) is 2. The third-order valence-corrected chi connectivity index (χ3v) is 6.83. The number of anilines is 1. The summed E-state index contributed by atoms with van der Waals surface area (Å²) in [4.78, 5) is 21.7. The van der Waals surface area contributed by atoms with Gasteiger partial charge in [0.1, 0.15) is 16.5 Å². The zero-order valence-corrected chi connectivity index (χ0v) is 20.1. The van der Waals surface area contributed by atoms with Gasteiger partial charge in [-0.1, -0.05) is 44.2 Å². The molecule has 1 amide bonds. The van der Waals surface area contributed by atoms with Crippen molar-refractivity contribution in [2.75, 3.05) is 5.32 Å². The topological polar surface area (TPSA) is 88.5 Å². The van der Waals surface area contributed by atoms with Crippen molar-refractivity contribution >= 4 is 45.9 Å². The first-order chi connectivity index (χ1) is 15.4. The predicted octanol–water partition coefficient (Wildman–Crippen LogP) is 5.67. The van der Waals surface area contributed by atoms with Gasteiger partial charge in [0.25, 0.3) is 5.91 Å². The molecule has 0 spiro atoms. The molecule has 32 heavy (non-hydrogen) atoms. The summed E-state index contributed by atoms with van der Waals surface area (Å²) in [5.41, 5.74) is 3.45. The Hall–Kier alpha value is -2.95. The number of aromatic nitrogens is 5. The van der Waals surface area contributed by atoms with Crippen LogP contribution in [0.4, 0.5) is 5.13 Å². The summed E-state index contributed by atoms with van der Waals surface area (Å²) in [7, 11) is 0. The van der Waals surface area contributed by atoms with Crippen LogP contribution in [0, 0.1) is 4.77 Å². The molecule has 0 aliphatic carbocycles. The Morgan fingerprint density at radius 3 is 2.75 bits per heavy atom. The summed E-state index contributed by atoms with van der Waals surface area (Å²) >= 11 is 8.06. The zero-order valence-electron chi connectivity index (χ0n) is 17.7. The zero-order chi connectivity index (χ0) is 22.7. The molecule has 0 saturated carbocycles. The summed E-state index contributed by atoms with van der Waals surface area (Å²) in [6.45, 7) is 8.64. The van der Waals surface area contributed by atoms with E-state index < -0.39 is 0 Å². The normalized spacial score (nSPS) is 11.1. The number of carbonyl (C=O) groups is 1. The van der Waals surface area contributed by atoms with Gasteiger partial charge in [0, 0.05) is 22.9 Å². The molecular weight excluding hydrogens is 460 g/mol. The summed E-state index contributed by atoms with van der Waals surface area (Å²) < 4.78 is 2.41. The van der Waals surface area contributed by atoms with Crippen molar-refractivity contribution in [3.63, 3.8) is 0 Å². The summed E-state index contributed by atoms with van der Waals surface area (Å²) in [5.74, 6) is 0.968. The molecule has 0 unspecified atom stereocenters. The van der Waals surface area contributed by atoms with E-state index in [0.29, 0.717) is 34.5 Å². The van der Waals surface area contributed by atoms with Gasteiger partial charge in [0.2, 0.25) is 0 Å². The number of nitrogens with zero attached hydrogens (tertiary/aromatic N) is 4. The average molecular weight is 483 g/mol. The van der Waals surface area contributed by atoms with Crippen LogP contribution in [-0.4, -0.2) is 30.6 Å². The number of carbonyl (C=O) groups excluding carboxylic acids is 1. The smallest absolute Gasteiger partial charge is 0.276 e. The fourth-order valence-corrected chi connectivity index (χ4v) is 4.83. The minimum Gasteiger partial charge on any atom is -0.300 e. The lowest BCUT2D eigenvalue weighted by molar-refractivity contribution is 0.102. The van der Waals surface area contributed by atoms with Gasteiger partial charge in [0.05, 0.1) is 12.1 Å². The van der Waals surface area contributed by atoms with E-state index in [2.05, 4.69) is 58.0 Å². The average Bonchev–Trinajstić information content (AvgIpc) is 3.51. The van der Waals surface area contributed by atoms with Crippen molar-refractivity contribution in [3.8, 4) is 10.6 Å². The molecule has 0 aliphatic heterocycles. The van der Waals surface area contributed by atoms with Crippen molar-refractivity contribution in [1.29, 1.82) is 0 Å². The second-order valence-corrected chi connectivity index (χ2v) is 9.54. The standard InChI is InChI=1S/C22H22N6OS3/c1-4-9-28-18(26-27-22(28)30)10-16-11-32-21(23-16)25-19(29)17-12-31-20(24-17)15-7-5-14(6-8-15)13(2)3/h4-8,11-13H,1,9-10H2,2-3H3,(H,27,30)(H,23,25,29). The largest absolute Gasteiger partial charge is 0.300 e. The van der Waals surface area contributed by atoms with Crippen molar-refractivity contribution in [3.05, 3.63) is 75.2 Å². The molecule has 2 N–H and O–H groups in total. The van der Waals surface area contributed by atoms with E-state index in [0.717, 1.165) is 22.1 Å². The molecule has 10 heteroatoms. The highest BCUT2D eigenvalue weighted by atomic mass is 32.1. The van der Waals surface area contributed by atoms with Crippen molar-refractivity contribution < 1.29 is 4.79 Å². The highest BCUT2D eigenvalue weighted by Crippen LogP contribution is 2.26. The Bertz CT molecular complexity index is 1300. The monoisotopic (exact) mass is 482 g/mol. The van der Waals surface area contributed by atoms with Crippen LogP contribution in [0.25, 0.3) is 10.6 Å². The minimum atomic E-state index is -0.276. The SMILES string of the molecule is C=CCn1c(Cc2csc(NC(=O)c3csc(-c4ccc(C(C)C)cc4)n3)n2)n[nH]c1=S. The quantitative estimate of drug-likeness (QED) is 0.249. The molecule has 0 aliphatic rings. The molecule has 0 atom stereocenters. The summed E-state index contributed by atoms with van der Waals surface area (Å²) in [5, 5.41) is 14.9. The number of hydrogen-bond donors (Lipinski definition) is 2. The van der Waals surface area contributed by atoms with Crippen LogP contribution in [0.1, 0.15) is 47.3 Å². The fraction of sp³-hybridized carbons (Fsp3) is 0.227. The Labute approximate surface area is 198 Å². The summed E-state index contributed by atoms with van der Waals surface area (Å²) in [6.07, 6.45) is 2.27. The molecule has 0 radical (unpaired) electrons. The maximum absolute atomic E-state index is 12.7. The van der Waals surface area contributed by atoms with Crippen LogP contribution in [0.2, 0.25) is 0 Å². The number of hydrogen-bond acceptors (Lipinski definition) is 7. The van der Waals surface area contributed by atoms with Gasteiger partial charge in [-0.15, -0.1) is 29.3 Å². The van der Waals surface area contributed by atoms with Gasteiger partial charge in [-0.05, 0) is 23.7 Å². The molecule has 3 aromatic heterocycles. The number of thiazole rings is 2. The Morgan fingerprint density at radius 2 is 2.03 bits per heavy atom. The van der Waals surface area contributed by atoms with Crippen LogP contribution in [0.15, 0.2) is 47.7 Å². The second kappa shape index (κ2) is 9.68. The van der Waals surface area contributed by atoms with Crippen molar-refractivity contribution in [2.24, 2.45) is 0 Å². The number of aromatic amines is 1. The number of H-pyrrole nitrogens is 1. The third kappa shape index (κ3) is 4.93. The van der Waals surface area contributed by atoms with Gasteiger partial charge >= 0.3 is 0 Å². The predicted molar refractivity (Wildman–Crippen MR) is 132 cm³/mol. The van der Waals surface area contributed by atoms with E-state index in [9.17, 15) is 4.79 Å².